The number of para-hydroxylation sites is 1. The molecule has 28 heavy (non-hydrogen) atoms. The number of benzene rings is 2. The maximum Gasteiger partial charge on any atom is 0.251 e. The molecule has 1 aliphatic heterocycles. The molecule has 0 radical (unpaired) electrons. The van der Waals surface area contributed by atoms with E-state index in [1.165, 1.54) is 6.07 Å². The molecular formula is C21H23F2N3O2. The lowest BCUT2D eigenvalue weighted by Crippen LogP contribution is -2.50. The van der Waals surface area contributed by atoms with Crippen LogP contribution in [0.5, 0.6) is 0 Å². The van der Waals surface area contributed by atoms with Crippen molar-refractivity contribution in [3.05, 3.63) is 65.7 Å². The summed E-state index contributed by atoms with van der Waals surface area (Å²) in [6.45, 7) is 2.92. The Balaban J connectivity index is 1.51. The lowest BCUT2D eigenvalue weighted by Gasteiger charge is -2.35. The zero-order valence-corrected chi connectivity index (χ0v) is 15.6. The number of piperidine rings is 1. The van der Waals surface area contributed by atoms with Crippen molar-refractivity contribution in [2.45, 2.75) is 31.8 Å². The van der Waals surface area contributed by atoms with Gasteiger partial charge in [-0.25, -0.2) is 8.78 Å². The summed E-state index contributed by atoms with van der Waals surface area (Å²) in [5.41, 5.74) is 0.189. The van der Waals surface area contributed by atoms with E-state index in [9.17, 15) is 18.4 Å². The van der Waals surface area contributed by atoms with Crippen molar-refractivity contribution in [3.63, 3.8) is 0 Å². The first-order valence-corrected chi connectivity index (χ1v) is 9.30. The van der Waals surface area contributed by atoms with Crippen LogP contribution in [0.1, 0.15) is 30.1 Å². The number of carbonyl (C=O) groups is 2. The summed E-state index contributed by atoms with van der Waals surface area (Å²) in [5.74, 6) is -2.18. The van der Waals surface area contributed by atoms with Crippen LogP contribution in [0.3, 0.4) is 0 Å². The molecule has 5 nitrogen and oxygen atoms in total. The lowest BCUT2D eigenvalue weighted by atomic mass is 10.0. The Morgan fingerprint density at radius 3 is 2.21 bits per heavy atom. The Kier molecular flexibility index (Phi) is 6.36. The second kappa shape index (κ2) is 8.93. The third-order valence-corrected chi connectivity index (χ3v) is 5.04. The van der Waals surface area contributed by atoms with Crippen LogP contribution >= 0.6 is 0 Å². The van der Waals surface area contributed by atoms with Gasteiger partial charge in [0.2, 0.25) is 5.91 Å². The first kappa shape index (κ1) is 19.9. The third kappa shape index (κ3) is 4.72. The molecule has 2 aromatic rings. The minimum absolute atomic E-state index is 0.0308. The van der Waals surface area contributed by atoms with Gasteiger partial charge in [-0.3, -0.25) is 14.5 Å². The van der Waals surface area contributed by atoms with Crippen LogP contribution in [0.4, 0.5) is 14.5 Å². The molecule has 0 aromatic heterocycles. The van der Waals surface area contributed by atoms with E-state index in [2.05, 4.69) is 10.6 Å². The summed E-state index contributed by atoms with van der Waals surface area (Å²) < 4.78 is 27.4. The van der Waals surface area contributed by atoms with Gasteiger partial charge in [-0.15, -0.1) is 0 Å². The van der Waals surface area contributed by atoms with Crippen LogP contribution in [0.25, 0.3) is 0 Å². The largest absolute Gasteiger partial charge is 0.349 e. The summed E-state index contributed by atoms with van der Waals surface area (Å²) in [4.78, 5) is 26.6. The van der Waals surface area contributed by atoms with Crippen LogP contribution in [-0.4, -0.2) is 41.9 Å². The molecule has 1 atom stereocenters. The molecule has 1 fully saturated rings. The topological polar surface area (TPSA) is 61.4 Å². The van der Waals surface area contributed by atoms with Gasteiger partial charge in [0.25, 0.3) is 5.91 Å². The molecule has 1 aliphatic rings. The van der Waals surface area contributed by atoms with Gasteiger partial charge in [0.1, 0.15) is 17.3 Å². The predicted molar refractivity (Wildman–Crippen MR) is 103 cm³/mol. The molecule has 7 heteroatoms. The smallest absolute Gasteiger partial charge is 0.251 e. The van der Waals surface area contributed by atoms with Gasteiger partial charge in [0.15, 0.2) is 0 Å². The predicted octanol–water partition coefficient (Wildman–Crippen LogP) is 3.19. The number of hydrogen-bond acceptors (Lipinski definition) is 3. The quantitative estimate of drug-likeness (QED) is 0.828. The molecule has 2 aromatic carbocycles. The number of carbonyl (C=O) groups excluding carboxylic acids is 2. The van der Waals surface area contributed by atoms with E-state index in [0.717, 1.165) is 12.1 Å². The van der Waals surface area contributed by atoms with Crippen LogP contribution in [0.15, 0.2) is 48.5 Å². The fourth-order valence-corrected chi connectivity index (χ4v) is 3.30. The van der Waals surface area contributed by atoms with Crippen LogP contribution in [0, 0.1) is 11.6 Å². The highest BCUT2D eigenvalue weighted by Gasteiger charge is 2.28. The number of anilines is 1. The van der Waals surface area contributed by atoms with E-state index in [4.69, 9.17) is 0 Å². The van der Waals surface area contributed by atoms with Crippen molar-refractivity contribution >= 4 is 17.5 Å². The van der Waals surface area contributed by atoms with E-state index in [1.54, 1.807) is 19.1 Å². The van der Waals surface area contributed by atoms with Crippen molar-refractivity contribution in [2.75, 3.05) is 18.4 Å². The molecule has 0 spiro atoms. The van der Waals surface area contributed by atoms with Gasteiger partial charge in [0, 0.05) is 24.7 Å². The first-order chi connectivity index (χ1) is 13.5. The van der Waals surface area contributed by atoms with Crippen LogP contribution in [-0.2, 0) is 4.79 Å². The third-order valence-electron chi connectivity index (χ3n) is 5.04. The SMILES string of the molecule is CC(C(=O)Nc1c(F)cccc1F)N1CCC(NC(=O)c2ccccc2)CC1. The fraction of sp³-hybridized carbons (Fsp3) is 0.333. The highest BCUT2D eigenvalue weighted by Crippen LogP contribution is 2.20. The molecule has 2 N–H and O–H groups in total. The van der Waals surface area contributed by atoms with Gasteiger partial charge < -0.3 is 10.6 Å². The summed E-state index contributed by atoms with van der Waals surface area (Å²) in [7, 11) is 0. The van der Waals surface area contributed by atoms with E-state index in [-0.39, 0.29) is 11.9 Å². The lowest BCUT2D eigenvalue weighted by molar-refractivity contribution is -0.121. The van der Waals surface area contributed by atoms with Crippen molar-refractivity contribution in [2.24, 2.45) is 0 Å². The highest BCUT2D eigenvalue weighted by molar-refractivity contribution is 5.95. The van der Waals surface area contributed by atoms with E-state index < -0.39 is 29.3 Å². The Morgan fingerprint density at radius 2 is 1.61 bits per heavy atom. The van der Waals surface area contributed by atoms with Crippen molar-refractivity contribution < 1.29 is 18.4 Å². The highest BCUT2D eigenvalue weighted by atomic mass is 19.1. The number of rotatable bonds is 5. The number of hydrogen-bond donors (Lipinski definition) is 2. The second-order valence-corrected chi connectivity index (χ2v) is 6.91. The average Bonchev–Trinajstić information content (AvgIpc) is 2.71. The standard InChI is InChI=1S/C21H23F2N3O2/c1-14(20(27)25-19-17(22)8-5-9-18(19)23)26-12-10-16(11-13-26)24-21(28)15-6-3-2-4-7-15/h2-9,14,16H,10-13H2,1H3,(H,24,28)(H,25,27). The fourth-order valence-electron chi connectivity index (χ4n) is 3.30. The second-order valence-electron chi connectivity index (χ2n) is 6.91. The van der Waals surface area contributed by atoms with Gasteiger partial charge in [-0.05, 0) is 44.0 Å². The maximum atomic E-state index is 13.7. The summed E-state index contributed by atoms with van der Waals surface area (Å²) >= 11 is 0. The summed E-state index contributed by atoms with van der Waals surface area (Å²) in [5, 5.41) is 5.35. The Labute approximate surface area is 162 Å². The van der Waals surface area contributed by atoms with Gasteiger partial charge >= 0.3 is 0 Å². The van der Waals surface area contributed by atoms with E-state index in [1.807, 2.05) is 23.1 Å². The van der Waals surface area contributed by atoms with Crippen LogP contribution in [0.2, 0.25) is 0 Å². The molecule has 3 rings (SSSR count). The molecule has 148 valence electrons. The van der Waals surface area contributed by atoms with Gasteiger partial charge in [-0.2, -0.15) is 0 Å². The van der Waals surface area contributed by atoms with Crippen molar-refractivity contribution in [3.8, 4) is 0 Å². The number of nitrogens with one attached hydrogen (secondary N) is 2. The maximum absolute atomic E-state index is 13.7. The zero-order valence-electron chi connectivity index (χ0n) is 15.6. The molecule has 1 unspecified atom stereocenters. The Morgan fingerprint density at radius 1 is 1.00 bits per heavy atom. The summed E-state index contributed by atoms with van der Waals surface area (Å²) in [6, 6.07) is 12.0. The average molecular weight is 387 g/mol. The van der Waals surface area contributed by atoms with Gasteiger partial charge in [0.05, 0.1) is 6.04 Å². The monoisotopic (exact) mass is 387 g/mol. The van der Waals surface area contributed by atoms with Crippen molar-refractivity contribution in [1.82, 2.24) is 10.2 Å². The number of likely N-dealkylation sites (tertiary alicyclic amines) is 1. The molecular weight excluding hydrogens is 364 g/mol. The molecule has 2 amide bonds. The van der Waals surface area contributed by atoms with E-state index in [0.29, 0.717) is 31.5 Å². The minimum Gasteiger partial charge on any atom is -0.349 e. The Hall–Kier alpha value is -2.80. The summed E-state index contributed by atoms with van der Waals surface area (Å²) in [6.07, 6.45) is 1.40. The Bertz CT molecular complexity index is 817. The first-order valence-electron chi connectivity index (χ1n) is 9.30. The minimum atomic E-state index is -0.803. The number of nitrogens with zero attached hydrogens (tertiary/aromatic N) is 1. The molecule has 0 aliphatic carbocycles. The normalized spacial score (nSPS) is 16.4. The van der Waals surface area contributed by atoms with Crippen molar-refractivity contribution in [1.29, 1.82) is 0 Å². The van der Waals surface area contributed by atoms with E-state index >= 15 is 0 Å². The molecule has 1 heterocycles. The molecule has 1 saturated heterocycles. The zero-order chi connectivity index (χ0) is 20.1. The molecule has 0 saturated carbocycles. The number of amides is 2. The van der Waals surface area contributed by atoms with Crippen LogP contribution < -0.4 is 10.6 Å². The molecule has 0 bridgehead atoms. The number of halogens is 2. The van der Waals surface area contributed by atoms with Gasteiger partial charge in [-0.1, -0.05) is 24.3 Å².